The quantitative estimate of drug-likeness (QED) is 0.774. The molecule has 4 rings (SSSR count). The van der Waals surface area contributed by atoms with Crippen LogP contribution in [0, 0.1) is 0 Å². The van der Waals surface area contributed by atoms with Crippen LogP contribution in [0.4, 0.5) is 0 Å². The highest BCUT2D eigenvalue weighted by molar-refractivity contribution is 7.15. The highest BCUT2D eigenvalue weighted by Crippen LogP contribution is 2.36. The van der Waals surface area contributed by atoms with Gasteiger partial charge >= 0.3 is 0 Å². The van der Waals surface area contributed by atoms with Crippen molar-refractivity contribution < 1.29 is 5.11 Å². The Labute approximate surface area is 140 Å². The van der Waals surface area contributed by atoms with E-state index in [-0.39, 0.29) is 23.0 Å². The average Bonchev–Trinajstić information content (AvgIpc) is 3.14. The molecule has 1 aromatic carbocycles. The maximum absolute atomic E-state index is 13.0. The molecule has 23 heavy (non-hydrogen) atoms. The molecule has 7 heteroatoms. The number of hydrogen-bond donors (Lipinski definition) is 1. The Morgan fingerprint density at radius 3 is 2.78 bits per heavy atom. The van der Waals surface area contributed by atoms with Crippen molar-refractivity contribution in [3.8, 4) is 17.0 Å². The van der Waals surface area contributed by atoms with Gasteiger partial charge in [-0.05, 0) is 12.0 Å². The molecule has 5 nitrogen and oxygen atoms in total. The van der Waals surface area contributed by atoms with Crippen molar-refractivity contribution in [2.45, 2.75) is 18.9 Å². The van der Waals surface area contributed by atoms with Gasteiger partial charge in [0.15, 0.2) is 4.47 Å². The monoisotopic (exact) mass is 345 g/mol. The molecule has 1 N–H and O–H groups in total. The first kappa shape index (κ1) is 14.4. The summed E-state index contributed by atoms with van der Waals surface area (Å²) in [5, 5.41) is 10.2. The summed E-state index contributed by atoms with van der Waals surface area (Å²) in [4.78, 5) is 22.2. The van der Waals surface area contributed by atoms with Gasteiger partial charge in [0.1, 0.15) is 11.4 Å². The van der Waals surface area contributed by atoms with E-state index in [2.05, 4.69) is 9.97 Å². The van der Waals surface area contributed by atoms with Gasteiger partial charge in [-0.3, -0.25) is 9.36 Å². The van der Waals surface area contributed by atoms with E-state index in [1.807, 2.05) is 18.2 Å². The van der Waals surface area contributed by atoms with Gasteiger partial charge in [0, 0.05) is 17.5 Å². The molecule has 1 atom stereocenters. The van der Waals surface area contributed by atoms with E-state index >= 15 is 0 Å². The van der Waals surface area contributed by atoms with Crippen LogP contribution in [0.3, 0.4) is 0 Å². The van der Waals surface area contributed by atoms with Crippen LogP contribution in [0.2, 0.25) is 4.47 Å². The molecule has 3 heterocycles. The Kier molecular flexibility index (Phi) is 3.43. The van der Waals surface area contributed by atoms with E-state index in [4.69, 9.17) is 11.6 Å². The molecule has 0 aliphatic carbocycles. The molecule has 0 unspecified atom stereocenters. The van der Waals surface area contributed by atoms with Crippen LogP contribution in [0.5, 0.6) is 5.88 Å². The van der Waals surface area contributed by atoms with E-state index in [0.717, 1.165) is 11.3 Å². The van der Waals surface area contributed by atoms with Gasteiger partial charge in [0.25, 0.3) is 5.56 Å². The van der Waals surface area contributed by atoms with Crippen molar-refractivity contribution in [2.75, 3.05) is 0 Å². The smallest absolute Gasteiger partial charge is 0.265 e. The number of aryl methyl sites for hydroxylation is 1. The first-order chi connectivity index (χ1) is 11.1. The van der Waals surface area contributed by atoms with Crippen molar-refractivity contribution in [2.24, 2.45) is 0 Å². The Morgan fingerprint density at radius 1 is 1.30 bits per heavy atom. The number of hydrogen-bond acceptors (Lipinski definition) is 5. The van der Waals surface area contributed by atoms with Gasteiger partial charge in [-0.15, -0.1) is 11.3 Å². The van der Waals surface area contributed by atoms with Gasteiger partial charge in [0.05, 0.1) is 6.04 Å². The lowest BCUT2D eigenvalue weighted by molar-refractivity contribution is 0.446. The molecule has 0 fully saturated rings. The van der Waals surface area contributed by atoms with Crippen molar-refractivity contribution in [1.82, 2.24) is 14.5 Å². The van der Waals surface area contributed by atoms with Gasteiger partial charge in [0.2, 0.25) is 5.88 Å². The van der Waals surface area contributed by atoms with Crippen molar-refractivity contribution >= 4 is 22.9 Å². The summed E-state index contributed by atoms with van der Waals surface area (Å²) < 4.78 is 2.11. The summed E-state index contributed by atoms with van der Waals surface area (Å²) in [6, 6.07) is 8.97. The molecule has 0 radical (unpaired) electrons. The molecule has 0 bridgehead atoms. The summed E-state index contributed by atoms with van der Waals surface area (Å²) in [5.74, 6) is 0.386. The predicted molar refractivity (Wildman–Crippen MR) is 89.2 cm³/mol. The predicted octanol–water partition coefficient (Wildman–Crippen LogP) is 3.26. The molecule has 0 saturated heterocycles. The molecule has 2 aromatic heterocycles. The molecule has 0 saturated carbocycles. The van der Waals surface area contributed by atoms with Gasteiger partial charge in [-0.2, -0.15) is 4.98 Å². The van der Waals surface area contributed by atoms with Crippen LogP contribution < -0.4 is 5.56 Å². The number of fused-ring (bicyclic) bond motifs is 1. The zero-order valence-electron chi connectivity index (χ0n) is 11.9. The third-order valence-corrected chi connectivity index (χ3v) is 5.22. The molecule has 1 aliphatic heterocycles. The lowest BCUT2D eigenvalue weighted by Gasteiger charge is -2.14. The Hall–Kier alpha value is -2.18. The van der Waals surface area contributed by atoms with E-state index in [9.17, 15) is 9.90 Å². The number of rotatable bonds is 2. The third-order valence-electron chi connectivity index (χ3n) is 4.01. The molecule has 1 aliphatic rings. The fraction of sp³-hybridized carbons (Fsp3) is 0.188. The summed E-state index contributed by atoms with van der Waals surface area (Å²) in [6.07, 6.45) is 3.09. The number of aromatic hydroxyl groups is 1. The SMILES string of the molecule is O=c1c(-c2ccccc2)c(O)nc2n1[C@H](c1cnc(Cl)s1)CC2. The molecular weight excluding hydrogens is 334 g/mol. The molecule has 3 aromatic rings. The Morgan fingerprint density at radius 2 is 2.09 bits per heavy atom. The summed E-state index contributed by atoms with van der Waals surface area (Å²) >= 11 is 7.29. The minimum absolute atomic E-state index is 0.127. The van der Waals surface area contributed by atoms with Crippen molar-refractivity contribution in [3.63, 3.8) is 0 Å². The zero-order chi connectivity index (χ0) is 16.0. The van der Waals surface area contributed by atoms with Gasteiger partial charge in [-0.25, -0.2) is 4.98 Å². The minimum atomic E-state index is -0.231. The molecule has 0 amide bonds. The van der Waals surface area contributed by atoms with E-state index in [0.29, 0.717) is 22.3 Å². The van der Waals surface area contributed by atoms with Crippen LogP contribution in [0.25, 0.3) is 11.1 Å². The lowest BCUT2D eigenvalue weighted by Crippen LogP contribution is -2.25. The van der Waals surface area contributed by atoms with Crippen LogP contribution >= 0.6 is 22.9 Å². The summed E-state index contributed by atoms with van der Waals surface area (Å²) in [6.45, 7) is 0. The van der Waals surface area contributed by atoms with Crippen LogP contribution in [-0.4, -0.2) is 19.6 Å². The second kappa shape index (κ2) is 5.47. The topological polar surface area (TPSA) is 68.0 Å². The normalized spacial score (nSPS) is 16.5. The number of thiazole rings is 1. The summed E-state index contributed by atoms with van der Waals surface area (Å²) in [5.41, 5.74) is 0.661. The second-order valence-corrected chi connectivity index (χ2v) is 6.98. The van der Waals surface area contributed by atoms with Crippen LogP contribution in [0.15, 0.2) is 41.3 Å². The number of halogens is 1. The third kappa shape index (κ3) is 2.34. The first-order valence-electron chi connectivity index (χ1n) is 7.16. The number of aromatic nitrogens is 3. The highest BCUT2D eigenvalue weighted by atomic mass is 35.5. The van der Waals surface area contributed by atoms with E-state index in [1.165, 1.54) is 11.3 Å². The van der Waals surface area contributed by atoms with Gasteiger partial charge in [-0.1, -0.05) is 41.9 Å². The molecule has 0 spiro atoms. The Bertz CT molecular complexity index is 936. The molecular formula is C16H12ClN3O2S. The average molecular weight is 346 g/mol. The first-order valence-corrected chi connectivity index (χ1v) is 8.35. The summed E-state index contributed by atoms with van der Waals surface area (Å²) in [7, 11) is 0. The highest BCUT2D eigenvalue weighted by Gasteiger charge is 2.30. The Balaban J connectivity index is 1.92. The number of benzene rings is 1. The second-order valence-electron chi connectivity index (χ2n) is 5.34. The minimum Gasteiger partial charge on any atom is -0.493 e. The van der Waals surface area contributed by atoms with Crippen molar-refractivity contribution in [1.29, 1.82) is 0 Å². The van der Waals surface area contributed by atoms with Gasteiger partial charge < -0.3 is 5.11 Å². The number of nitrogens with zero attached hydrogens (tertiary/aromatic N) is 3. The maximum atomic E-state index is 13.0. The lowest BCUT2D eigenvalue weighted by atomic mass is 10.1. The van der Waals surface area contributed by atoms with Crippen LogP contribution in [0.1, 0.15) is 23.2 Å². The zero-order valence-corrected chi connectivity index (χ0v) is 13.5. The largest absolute Gasteiger partial charge is 0.493 e. The fourth-order valence-electron chi connectivity index (χ4n) is 3.00. The molecule has 116 valence electrons. The van der Waals surface area contributed by atoms with E-state index in [1.54, 1.807) is 22.9 Å². The van der Waals surface area contributed by atoms with Crippen molar-refractivity contribution in [3.05, 3.63) is 62.1 Å². The van der Waals surface area contributed by atoms with E-state index < -0.39 is 0 Å². The maximum Gasteiger partial charge on any atom is 0.265 e. The van der Waals surface area contributed by atoms with Crippen LogP contribution in [-0.2, 0) is 6.42 Å². The standard InChI is InChI=1S/C16H12ClN3O2S/c17-16-18-8-11(23-16)10-6-7-12-19-14(21)13(15(22)20(10)12)9-4-2-1-3-5-9/h1-5,8,10,21H,6-7H2/t10-/m0/s1. The fourth-order valence-corrected chi connectivity index (χ4v) is 4.08.